The van der Waals surface area contributed by atoms with E-state index in [4.69, 9.17) is 0 Å². The van der Waals surface area contributed by atoms with E-state index in [9.17, 15) is 5.11 Å². The molecule has 0 fully saturated rings. The number of hydrogen-bond acceptors (Lipinski definition) is 1. The minimum absolute atomic E-state index is 0.145. The third-order valence-corrected chi connectivity index (χ3v) is 4.03. The van der Waals surface area contributed by atoms with E-state index in [0.29, 0.717) is 10.5 Å². The van der Waals surface area contributed by atoms with Crippen molar-refractivity contribution in [1.29, 1.82) is 0 Å². The molecule has 0 unspecified atom stereocenters. The fourth-order valence-electron chi connectivity index (χ4n) is 1.57. The third kappa shape index (κ3) is 2.17. The van der Waals surface area contributed by atoms with Gasteiger partial charge in [-0.15, -0.1) is 0 Å². The monoisotopic (exact) mass is 266 g/mol. The van der Waals surface area contributed by atoms with Crippen LogP contribution in [0.5, 0.6) is 4.62 Å². The number of aromatic hydroxyl groups is 1. The maximum absolute atomic E-state index is 9.67. The normalized spacial score (nSPS) is 10.9. The predicted octanol–water partition coefficient (Wildman–Crippen LogP) is 3.24. The molecule has 0 aliphatic carbocycles. The van der Waals surface area contributed by atoms with Crippen LogP contribution in [-0.2, 0) is 0 Å². The average molecular weight is 265 g/mol. The van der Waals surface area contributed by atoms with Crippen molar-refractivity contribution in [3.8, 4) is 15.8 Å². The molecular weight excluding hydrogens is 251 g/mol. The summed E-state index contributed by atoms with van der Waals surface area (Å²) in [5.74, 6) is 0.560. The Morgan fingerprint density at radius 1 is 1.07 bits per heavy atom. The van der Waals surface area contributed by atoms with E-state index in [1.54, 1.807) is 0 Å². The van der Waals surface area contributed by atoms with Gasteiger partial charge in [0.05, 0.1) is 0 Å². The van der Waals surface area contributed by atoms with Crippen molar-refractivity contribution in [2.75, 3.05) is 0 Å². The van der Waals surface area contributed by atoms with Gasteiger partial charge in [0.1, 0.15) is 0 Å². The Kier molecular flexibility index (Phi) is 2.99. The van der Waals surface area contributed by atoms with Gasteiger partial charge < -0.3 is 0 Å². The zero-order valence-corrected chi connectivity index (χ0v) is 10.6. The van der Waals surface area contributed by atoms with Crippen molar-refractivity contribution in [3.05, 3.63) is 40.8 Å². The first-order chi connectivity index (χ1) is 7.18. The zero-order chi connectivity index (χ0) is 10.8. The summed E-state index contributed by atoms with van der Waals surface area (Å²) in [6, 6.07) is 10.5. The molecule has 1 heterocycles. The molecule has 2 heteroatoms. The summed E-state index contributed by atoms with van der Waals surface area (Å²) < 4.78 is 0.541. The molecule has 78 valence electrons. The van der Waals surface area contributed by atoms with Gasteiger partial charge in [0, 0.05) is 0 Å². The molecule has 0 amide bonds. The average Bonchev–Trinajstić information content (AvgIpc) is 2.65. The molecule has 0 bridgehead atoms. The van der Waals surface area contributed by atoms with Crippen LogP contribution in [0, 0.1) is 0 Å². The van der Waals surface area contributed by atoms with Gasteiger partial charge in [0.15, 0.2) is 0 Å². The summed E-state index contributed by atoms with van der Waals surface area (Å²) in [5.41, 5.74) is 3.45. The predicted molar refractivity (Wildman–Crippen MR) is 64.6 cm³/mol. The number of benzene rings is 1. The van der Waals surface area contributed by atoms with E-state index in [1.807, 2.05) is 11.0 Å². The molecule has 1 aromatic carbocycles. The van der Waals surface area contributed by atoms with E-state index in [2.05, 4.69) is 38.1 Å². The summed E-state index contributed by atoms with van der Waals surface area (Å²) in [6.45, 7) is 4.37. The molecule has 15 heavy (non-hydrogen) atoms. The van der Waals surface area contributed by atoms with Gasteiger partial charge in [0.2, 0.25) is 0 Å². The topological polar surface area (TPSA) is 20.2 Å². The SMILES string of the molecule is CC(C)c1ccc(-c2cc[se]c2O)cc1. The van der Waals surface area contributed by atoms with Crippen LogP contribution >= 0.6 is 0 Å². The quantitative estimate of drug-likeness (QED) is 0.826. The standard InChI is InChI=1S/C13H14OSe/c1-9(2)10-3-5-11(6-4-10)12-7-8-15-13(12)14/h3-9,14H,1-2H3. The van der Waals surface area contributed by atoms with Gasteiger partial charge in [-0.3, -0.25) is 0 Å². The second-order valence-electron chi connectivity index (χ2n) is 3.92. The van der Waals surface area contributed by atoms with Gasteiger partial charge in [-0.25, -0.2) is 0 Å². The molecule has 0 atom stereocenters. The van der Waals surface area contributed by atoms with Gasteiger partial charge in [0.25, 0.3) is 0 Å². The molecule has 0 radical (unpaired) electrons. The first kappa shape index (κ1) is 10.5. The Hall–Kier alpha value is -0.981. The second kappa shape index (κ2) is 4.26. The van der Waals surface area contributed by atoms with Gasteiger partial charge in [-0.2, -0.15) is 0 Å². The van der Waals surface area contributed by atoms with Gasteiger partial charge >= 0.3 is 96.0 Å². The Bertz CT molecular complexity index is 440. The van der Waals surface area contributed by atoms with Crippen LogP contribution in [0.1, 0.15) is 25.3 Å². The molecule has 2 aromatic rings. The Labute approximate surface area is 96.1 Å². The molecule has 0 spiro atoms. The molecule has 0 saturated heterocycles. The van der Waals surface area contributed by atoms with Crippen molar-refractivity contribution >= 4 is 14.5 Å². The molecule has 1 N–H and O–H groups in total. The van der Waals surface area contributed by atoms with Crippen LogP contribution in [0.25, 0.3) is 11.1 Å². The Morgan fingerprint density at radius 2 is 1.73 bits per heavy atom. The molecule has 2 rings (SSSR count). The van der Waals surface area contributed by atoms with Crippen molar-refractivity contribution in [1.82, 2.24) is 0 Å². The van der Waals surface area contributed by atoms with Crippen LogP contribution in [-0.4, -0.2) is 19.6 Å². The summed E-state index contributed by atoms with van der Waals surface area (Å²) in [7, 11) is 0. The molecule has 1 nitrogen and oxygen atoms in total. The minimum atomic E-state index is 0.145. The Morgan fingerprint density at radius 3 is 2.20 bits per heavy atom. The van der Waals surface area contributed by atoms with E-state index in [-0.39, 0.29) is 14.5 Å². The fourth-order valence-corrected chi connectivity index (χ4v) is 2.92. The molecule has 1 aromatic heterocycles. The first-order valence-corrected chi connectivity index (χ1v) is 6.90. The first-order valence-electron chi connectivity index (χ1n) is 5.05. The number of rotatable bonds is 2. The summed E-state index contributed by atoms with van der Waals surface area (Å²) in [5, 5.41) is 9.67. The fraction of sp³-hybridized carbons (Fsp3) is 0.231. The Balaban J connectivity index is 2.36. The van der Waals surface area contributed by atoms with E-state index in [0.717, 1.165) is 11.1 Å². The third-order valence-electron chi connectivity index (χ3n) is 2.53. The molecule has 0 aliphatic heterocycles. The summed E-state index contributed by atoms with van der Waals surface area (Å²) >= 11 is 0.145. The van der Waals surface area contributed by atoms with E-state index < -0.39 is 0 Å². The van der Waals surface area contributed by atoms with Crippen molar-refractivity contribution < 1.29 is 5.11 Å². The van der Waals surface area contributed by atoms with Crippen molar-refractivity contribution in [2.45, 2.75) is 19.8 Å². The van der Waals surface area contributed by atoms with Gasteiger partial charge in [-0.05, 0) is 0 Å². The molecule has 0 saturated carbocycles. The van der Waals surface area contributed by atoms with Crippen LogP contribution in [0.3, 0.4) is 0 Å². The van der Waals surface area contributed by atoms with E-state index in [1.165, 1.54) is 5.56 Å². The molecular formula is C13H14OSe. The summed E-state index contributed by atoms with van der Waals surface area (Å²) in [6.07, 6.45) is 0. The summed E-state index contributed by atoms with van der Waals surface area (Å²) in [4.78, 5) is 2.05. The van der Waals surface area contributed by atoms with Crippen molar-refractivity contribution in [3.63, 3.8) is 0 Å². The molecule has 0 aliphatic rings. The van der Waals surface area contributed by atoms with Crippen LogP contribution < -0.4 is 0 Å². The van der Waals surface area contributed by atoms with E-state index >= 15 is 0 Å². The zero-order valence-electron chi connectivity index (χ0n) is 8.90. The van der Waals surface area contributed by atoms with Gasteiger partial charge in [-0.1, -0.05) is 0 Å². The second-order valence-corrected chi connectivity index (χ2v) is 5.79. The van der Waals surface area contributed by atoms with Crippen LogP contribution in [0.15, 0.2) is 35.3 Å². The maximum atomic E-state index is 9.67. The van der Waals surface area contributed by atoms with Crippen molar-refractivity contribution in [2.24, 2.45) is 0 Å². The number of hydrogen-bond donors (Lipinski definition) is 1. The van der Waals surface area contributed by atoms with Crippen LogP contribution in [0.4, 0.5) is 0 Å². The van der Waals surface area contributed by atoms with Crippen LogP contribution in [0.2, 0.25) is 0 Å².